The van der Waals surface area contributed by atoms with Gasteiger partial charge in [0.1, 0.15) is 12.1 Å². The minimum Gasteiger partial charge on any atom is -0.481 e. The summed E-state index contributed by atoms with van der Waals surface area (Å²) in [4.78, 5) is 45.9. The van der Waals surface area contributed by atoms with Crippen LogP contribution >= 0.6 is 0 Å². The van der Waals surface area contributed by atoms with Crippen LogP contribution in [0, 0.1) is 0 Å². The molecule has 31 heavy (non-hydrogen) atoms. The van der Waals surface area contributed by atoms with Gasteiger partial charge in [-0.1, -0.05) is 71.1 Å². The van der Waals surface area contributed by atoms with Crippen LogP contribution in [0.2, 0.25) is 0 Å². The van der Waals surface area contributed by atoms with Crippen LogP contribution in [-0.4, -0.2) is 57.8 Å². The fourth-order valence-electron chi connectivity index (χ4n) is 3.21. The Morgan fingerprint density at radius 1 is 0.710 bits per heavy atom. The van der Waals surface area contributed by atoms with Crippen molar-refractivity contribution in [2.24, 2.45) is 0 Å². The number of carboxylic acids is 2. The van der Waals surface area contributed by atoms with Crippen LogP contribution < -0.4 is 10.6 Å². The quantitative estimate of drug-likeness (QED) is 0.181. The second-order valence-electron chi connectivity index (χ2n) is 7.92. The smallest absolute Gasteiger partial charge is 0.326 e. The normalized spacial score (nSPS) is 12.7. The van der Waals surface area contributed by atoms with Crippen molar-refractivity contribution in [1.29, 1.82) is 0 Å². The van der Waals surface area contributed by atoms with Crippen molar-refractivity contribution in [3.8, 4) is 0 Å². The summed E-state index contributed by atoms with van der Waals surface area (Å²) >= 11 is 0. The zero-order chi connectivity index (χ0) is 23.5. The highest BCUT2D eigenvalue weighted by Gasteiger charge is 2.26. The molecule has 0 aromatic heterocycles. The first-order chi connectivity index (χ1) is 14.8. The van der Waals surface area contributed by atoms with Gasteiger partial charge < -0.3 is 26.0 Å². The van der Waals surface area contributed by atoms with Crippen LogP contribution in [0.5, 0.6) is 0 Å². The number of aliphatic hydroxyl groups is 1. The maximum absolute atomic E-state index is 12.1. The molecule has 0 bridgehead atoms. The molecule has 2 amide bonds. The van der Waals surface area contributed by atoms with E-state index in [0.29, 0.717) is 6.42 Å². The van der Waals surface area contributed by atoms with E-state index in [4.69, 9.17) is 10.2 Å². The van der Waals surface area contributed by atoms with Gasteiger partial charge in [0.25, 0.3) is 0 Å². The molecule has 0 unspecified atom stereocenters. The molecular weight excluding hydrogens is 404 g/mol. The summed E-state index contributed by atoms with van der Waals surface area (Å²) in [7, 11) is 0. The van der Waals surface area contributed by atoms with Crippen LogP contribution in [-0.2, 0) is 19.2 Å². The number of nitrogens with one attached hydrogen (secondary N) is 2. The van der Waals surface area contributed by atoms with E-state index in [-0.39, 0.29) is 18.7 Å². The van der Waals surface area contributed by atoms with E-state index in [1.165, 1.54) is 44.9 Å². The number of unbranched alkanes of at least 4 members (excludes halogenated alkanes) is 10. The number of rotatable bonds is 20. The standard InChI is InChI=1S/C22H40N2O7/c1-2-3-4-5-6-7-8-9-10-11-12-13-19(26)23-18(16-25)21(29)24-17(22(30)31)14-15-20(27)28/h17-18,25H,2-16H2,1H3,(H,23,26)(H,24,29)(H,27,28)(H,30,31)/t17-,18+/m1/s1. The topological polar surface area (TPSA) is 153 Å². The van der Waals surface area contributed by atoms with Gasteiger partial charge in [-0.15, -0.1) is 0 Å². The van der Waals surface area contributed by atoms with E-state index >= 15 is 0 Å². The van der Waals surface area contributed by atoms with Crippen molar-refractivity contribution >= 4 is 23.8 Å². The van der Waals surface area contributed by atoms with Crippen LogP contribution in [0.1, 0.15) is 96.8 Å². The maximum atomic E-state index is 12.1. The molecule has 180 valence electrons. The van der Waals surface area contributed by atoms with Crippen LogP contribution in [0.25, 0.3) is 0 Å². The third-order valence-corrected chi connectivity index (χ3v) is 5.10. The Balaban J connectivity index is 4.03. The zero-order valence-electron chi connectivity index (χ0n) is 18.7. The molecule has 9 heteroatoms. The van der Waals surface area contributed by atoms with Gasteiger partial charge >= 0.3 is 11.9 Å². The van der Waals surface area contributed by atoms with Gasteiger partial charge in [0.2, 0.25) is 11.8 Å². The van der Waals surface area contributed by atoms with Gasteiger partial charge in [0, 0.05) is 12.8 Å². The second-order valence-corrected chi connectivity index (χ2v) is 7.92. The molecule has 0 rings (SSSR count). The maximum Gasteiger partial charge on any atom is 0.326 e. The Kier molecular flexibility index (Phi) is 17.3. The van der Waals surface area contributed by atoms with E-state index in [1.54, 1.807) is 0 Å². The predicted molar refractivity (Wildman–Crippen MR) is 117 cm³/mol. The molecule has 2 atom stereocenters. The Morgan fingerprint density at radius 2 is 1.23 bits per heavy atom. The van der Waals surface area contributed by atoms with Crippen LogP contribution in [0.3, 0.4) is 0 Å². The van der Waals surface area contributed by atoms with Crippen molar-refractivity contribution in [3.05, 3.63) is 0 Å². The third kappa shape index (κ3) is 16.2. The minimum atomic E-state index is -1.40. The number of carbonyl (C=O) groups excluding carboxylic acids is 2. The van der Waals surface area contributed by atoms with E-state index in [0.717, 1.165) is 19.3 Å². The first kappa shape index (κ1) is 28.8. The first-order valence-electron chi connectivity index (χ1n) is 11.5. The molecule has 9 nitrogen and oxygen atoms in total. The second kappa shape index (κ2) is 18.6. The number of aliphatic carboxylic acids is 2. The molecule has 0 radical (unpaired) electrons. The summed E-state index contributed by atoms with van der Waals surface area (Å²) in [5.41, 5.74) is 0. The third-order valence-electron chi connectivity index (χ3n) is 5.10. The minimum absolute atomic E-state index is 0.224. The van der Waals surface area contributed by atoms with E-state index in [9.17, 15) is 24.3 Å². The number of carbonyl (C=O) groups is 4. The van der Waals surface area contributed by atoms with Crippen molar-refractivity contribution in [2.75, 3.05) is 6.61 Å². The molecule has 0 saturated heterocycles. The lowest BCUT2D eigenvalue weighted by molar-refractivity contribution is -0.143. The van der Waals surface area contributed by atoms with Crippen LogP contribution in [0.15, 0.2) is 0 Å². The molecule has 0 aliphatic carbocycles. The largest absolute Gasteiger partial charge is 0.481 e. The molecule has 0 aliphatic heterocycles. The fourth-order valence-corrected chi connectivity index (χ4v) is 3.21. The van der Waals surface area contributed by atoms with Crippen LogP contribution in [0.4, 0.5) is 0 Å². The number of amides is 2. The summed E-state index contributed by atoms with van der Waals surface area (Å²) in [5.74, 6) is -3.80. The van der Waals surface area contributed by atoms with Gasteiger partial charge in [0.05, 0.1) is 6.61 Å². The monoisotopic (exact) mass is 444 g/mol. The highest BCUT2D eigenvalue weighted by molar-refractivity contribution is 5.90. The Hall–Kier alpha value is -2.16. The molecule has 0 fully saturated rings. The van der Waals surface area contributed by atoms with Crippen molar-refractivity contribution in [3.63, 3.8) is 0 Å². The van der Waals surface area contributed by atoms with Gasteiger partial charge in [-0.05, 0) is 12.8 Å². The average molecular weight is 445 g/mol. The lowest BCUT2D eigenvalue weighted by atomic mass is 10.1. The van der Waals surface area contributed by atoms with E-state index in [2.05, 4.69) is 17.6 Å². The lowest BCUT2D eigenvalue weighted by Gasteiger charge is -2.19. The molecule has 0 aliphatic rings. The van der Waals surface area contributed by atoms with Crippen molar-refractivity contribution < 1.29 is 34.5 Å². The van der Waals surface area contributed by atoms with Gasteiger partial charge in [-0.3, -0.25) is 14.4 Å². The van der Waals surface area contributed by atoms with Gasteiger partial charge in [-0.2, -0.15) is 0 Å². The molecule has 0 heterocycles. The molecule has 0 aromatic carbocycles. The number of hydrogen-bond acceptors (Lipinski definition) is 5. The summed E-state index contributed by atoms with van der Waals surface area (Å²) in [6, 6.07) is -2.67. The van der Waals surface area contributed by atoms with E-state index in [1.807, 2.05) is 0 Å². The number of aliphatic hydroxyl groups excluding tert-OH is 1. The molecule has 5 N–H and O–H groups in total. The SMILES string of the molecule is CCCCCCCCCCCCCC(=O)N[C@@H](CO)C(=O)N[C@H](CCC(=O)O)C(=O)O. The Morgan fingerprint density at radius 3 is 1.68 bits per heavy atom. The summed E-state index contributed by atoms with van der Waals surface area (Å²) in [6.45, 7) is 1.53. The molecule has 0 aromatic rings. The number of hydrogen-bond donors (Lipinski definition) is 5. The predicted octanol–water partition coefficient (Wildman–Crippen LogP) is 2.60. The Bertz CT molecular complexity index is 540. The first-order valence-corrected chi connectivity index (χ1v) is 11.5. The van der Waals surface area contributed by atoms with Gasteiger partial charge in [0.15, 0.2) is 0 Å². The zero-order valence-corrected chi connectivity index (χ0v) is 18.7. The molecular formula is C22H40N2O7. The van der Waals surface area contributed by atoms with Crippen molar-refractivity contribution in [1.82, 2.24) is 10.6 Å². The fraction of sp³-hybridized carbons (Fsp3) is 0.818. The molecule has 0 spiro atoms. The van der Waals surface area contributed by atoms with E-state index < -0.39 is 43.0 Å². The van der Waals surface area contributed by atoms with Gasteiger partial charge in [-0.25, -0.2) is 4.79 Å². The highest BCUT2D eigenvalue weighted by atomic mass is 16.4. The lowest BCUT2D eigenvalue weighted by Crippen LogP contribution is -2.53. The highest BCUT2D eigenvalue weighted by Crippen LogP contribution is 2.12. The summed E-state index contributed by atoms with van der Waals surface area (Å²) in [5, 5.41) is 31.7. The van der Waals surface area contributed by atoms with Crippen molar-refractivity contribution in [2.45, 2.75) is 109 Å². The summed E-state index contributed by atoms with van der Waals surface area (Å²) in [6.07, 6.45) is 12.2. The Labute approximate surface area is 185 Å². The molecule has 0 saturated carbocycles. The average Bonchev–Trinajstić information content (AvgIpc) is 2.72. The summed E-state index contributed by atoms with van der Waals surface area (Å²) < 4.78 is 0. The number of carboxylic acid groups (broad SMARTS) is 2.